The van der Waals surface area contributed by atoms with E-state index in [4.69, 9.17) is 16.3 Å². The van der Waals surface area contributed by atoms with Gasteiger partial charge in [0.15, 0.2) is 5.78 Å². The predicted octanol–water partition coefficient (Wildman–Crippen LogP) is 3.88. The molecule has 0 bridgehead atoms. The number of nitrogens with zero attached hydrogens (tertiary/aromatic N) is 1. The van der Waals surface area contributed by atoms with Crippen LogP contribution in [0.5, 0.6) is 5.75 Å². The molecule has 3 nitrogen and oxygen atoms in total. The van der Waals surface area contributed by atoms with Crippen LogP contribution < -0.4 is 4.74 Å². The van der Waals surface area contributed by atoms with Crippen molar-refractivity contribution in [1.82, 2.24) is 4.98 Å². The van der Waals surface area contributed by atoms with Gasteiger partial charge in [0.2, 0.25) is 0 Å². The molecule has 0 unspecified atom stereocenters. The summed E-state index contributed by atoms with van der Waals surface area (Å²) in [6.45, 7) is 4.29. The molecule has 0 atom stereocenters. The number of ketones is 1. The van der Waals surface area contributed by atoms with Crippen molar-refractivity contribution in [2.24, 2.45) is 0 Å². The number of carbonyl (C=O) groups is 1. The van der Waals surface area contributed by atoms with Crippen LogP contribution in [-0.2, 0) is 0 Å². The molecule has 0 saturated carbocycles. The van der Waals surface area contributed by atoms with E-state index in [0.717, 1.165) is 16.5 Å². The summed E-state index contributed by atoms with van der Waals surface area (Å²) in [6.07, 6.45) is 0.404. The third-order valence-corrected chi connectivity index (χ3v) is 2.88. The molecule has 0 fully saturated rings. The predicted molar refractivity (Wildman–Crippen MR) is 72.5 cm³/mol. The molecule has 1 aromatic heterocycles. The minimum absolute atomic E-state index is 0.0175. The lowest BCUT2D eigenvalue weighted by Gasteiger charge is -2.10. The van der Waals surface area contributed by atoms with Crippen LogP contribution in [-0.4, -0.2) is 17.4 Å². The molecule has 0 aliphatic heterocycles. The number of aromatic nitrogens is 1. The molecule has 94 valence electrons. The monoisotopic (exact) mass is 263 g/mol. The first-order valence-electron chi connectivity index (χ1n) is 5.92. The fourth-order valence-corrected chi connectivity index (χ4v) is 2.07. The van der Waals surface area contributed by atoms with Crippen molar-refractivity contribution in [3.05, 3.63) is 35.1 Å². The minimum atomic E-state index is -0.0175. The lowest BCUT2D eigenvalue weighted by Crippen LogP contribution is -2.03. The Labute approximate surface area is 111 Å². The highest BCUT2D eigenvalue weighted by Gasteiger charge is 2.14. The number of hydrogen-bond acceptors (Lipinski definition) is 3. The Morgan fingerprint density at radius 1 is 1.33 bits per heavy atom. The van der Waals surface area contributed by atoms with Crippen LogP contribution in [0, 0.1) is 0 Å². The molecule has 2 aromatic rings. The molecular formula is C14H14ClNO2. The summed E-state index contributed by atoms with van der Waals surface area (Å²) in [5.74, 6) is 0.709. The number of hydrogen-bond donors (Lipinski definition) is 0. The van der Waals surface area contributed by atoms with E-state index in [2.05, 4.69) is 4.98 Å². The standard InChI is InChI=1S/C14H14ClNO2/c1-3-11(17)14-9-6-5-7-12(18-4-2)10(9)8-13(15)16-14/h5-8H,3-4H2,1-2H3. The van der Waals surface area contributed by atoms with Crippen LogP contribution in [0.3, 0.4) is 0 Å². The van der Waals surface area contributed by atoms with Gasteiger partial charge in [0.25, 0.3) is 0 Å². The number of carbonyl (C=O) groups excluding carboxylic acids is 1. The highest BCUT2D eigenvalue weighted by molar-refractivity contribution is 6.30. The molecule has 0 aliphatic carbocycles. The quantitative estimate of drug-likeness (QED) is 0.621. The largest absolute Gasteiger partial charge is 0.493 e. The zero-order valence-electron chi connectivity index (χ0n) is 10.4. The molecule has 0 spiro atoms. The number of fused-ring (bicyclic) bond motifs is 1. The Morgan fingerprint density at radius 2 is 2.11 bits per heavy atom. The zero-order chi connectivity index (χ0) is 13.1. The van der Waals surface area contributed by atoms with Gasteiger partial charge in [-0.2, -0.15) is 0 Å². The average molecular weight is 264 g/mol. The Kier molecular flexibility index (Phi) is 3.82. The van der Waals surface area contributed by atoms with Crippen molar-refractivity contribution >= 4 is 28.2 Å². The van der Waals surface area contributed by atoms with E-state index < -0.39 is 0 Å². The van der Waals surface area contributed by atoms with Crippen molar-refractivity contribution < 1.29 is 9.53 Å². The maximum absolute atomic E-state index is 11.9. The van der Waals surface area contributed by atoms with E-state index in [-0.39, 0.29) is 5.78 Å². The van der Waals surface area contributed by atoms with Gasteiger partial charge in [0, 0.05) is 17.2 Å². The van der Waals surface area contributed by atoms with Gasteiger partial charge in [-0.3, -0.25) is 4.79 Å². The zero-order valence-corrected chi connectivity index (χ0v) is 11.1. The van der Waals surface area contributed by atoms with Gasteiger partial charge < -0.3 is 4.74 Å². The fourth-order valence-electron chi connectivity index (χ4n) is 1.88. The molecule has 0 amide bonds. The molecule has 0 aliphatic rings. The summed E-state index contributed by atoms with van der Waals surface area (Å²) in [6, 6.07) is 7.32. The first-order chi connectivity index (χ1) is 8.67. The Hall–Kier alpha value is -1.61. The molecule has 1 aromatic carbocycles. The first kappa shape index (κ1) is 12.8. The van der Waals surface area contributed by atoms with E-state index in [1.807, 2.05) is 32.0 Å². The van der Waals surface area contributed by atoms with Gasteiger partial charge in [-0.15, -0.1) is 0 Å². The number of halogens is 1. The molecule has 2 rings (SSSR count). The van der Waals surface area contributed by atoms with Gasteiger partial charge in [-0.25, -0.2) is 4.98 Å². The lowest BCUT2D eigenvalue weighted by molar-refractivity contribution is 0.0985. The number of rotatable bonds is 4. The normalized spacial score (nSPS) is 10.6. The molecule has 0 saturated heterocycles. The molecule has 4 heteroatoms. The Balaban J connectivity index is 2.73. The molecule has 18 heavy (non-hydrogen) atoms. The van der Waals surface area contributed by atoms with Crippen molar-refractivity contribution in [2.45, 2.75) is 20.3 Å². The van der Waals surface area contributed by atoms with Crippen LogP contribution >= 0.6 is 11.6 Å². The van der Waals surface area contributed by atoms with Crippen LogP contribution in [0.25, 0.3) is 10.8 Å². The molecule has 0 N–H and O–H groups in total. The third kappa shape index (κ3) is 2.31. The highest BCUT2D eigenvalue weighted by Crippen LogP contribution is 2.30. The summed E-state index contributed by atoms with van der Waals surface area (Å²) in [7, 11) is 0. The fraction of sp³-hybridized carbons (Fsp3) is 0.286. The molecule has 0 radical (unpaired) electrons. The van der Waals surface area contributed by atoms with Gasteiger partial charge in [-0.1, -0.05) is 30.7 Å². The third-order valence-electron chi connectivity index (χ3n) is 2.69. The highest BCUT2D eigenvalue weighted by atomic mass is 35.5. The second-order valence-electron chi connectivity index (χ2n) is 3.85. The Morgan fingerprint density at radius 3 is 2.78 bits per heavy atom. The number of Topliss-reactive ketones (excluding diaryl/α,β-unsaturated/α-hetero) is 1. The summed E-state index contributed by atoms with van der Waals surface area (Å²) in [5, 5.41) is 1.93. The summed E-state index contributed by atoms with van der Waals surface area (Å²) in [4.78, 5) is 16.0. The van der Waals surface area contributed by atoms with Gasteiger partial charge in [0.05, 0.1) is 6.61 Å². The maximum Gasteiger partial charge on any atom is 0.181 e. The summed E-state index contributed by atoms with van der Waals surface area (Å²) in [5.41, 5.74) is 0.418. The van der Waals surface area contributed by atoms with Crippen LogP contribution in [0.1, 0.15) is 30.8 Å². The SMILES string of the molecule is CCOc1cccc2c(C(=O)CC)nc(Cl)cc12. The van der Waals surface area contributed by atoms with Crippen LogP contribution in [0.2, 0.25) is 5.15 Å². The number of pyridine rings is 1. The van der Waals surface area contributed by atoms with Gasteiger partial charge in [-0.05, 0) is 19.1 Å². The second kappa shape index (κ2) is 5.36. The number of ether oxygens (including phenoxy) is 1. The van der Waals surface area contributed by atoms with E-state index in [9.17, 15) is 4.79 Å². The van der Waals surface area contributed by atoms with Crippen LogP contribution in [0.4, 0.5) is 0 Å². The average Bonchev–Trinajstić information content (AvgIpc) is 2.38. The maximum atomic E-state index is 11.9. The van der Waals surface area contributed by atoms with Gasteiger partial charge in [0.1, 0.15) is 16.6 Å². The lowest BCUT2D eigenvalue weighted by atomic mass is 10.1. The molecular weight excluding hydrogens is 250 g/mol. The van der Waals surface area contributed by atoms with Gasteiger partial charge >= 0.3 is 0 Å². The van der Waals surface area contributed by atoms with Crippen molar-refractivity contribution in [1.29, 1.82) is 0 Å². The summed E-state index contributed by atoms with van der Waals surface area (Å²) >= 11 is 5.98. The molecule has 1 heterocycles. The van der Waals surface area contributed by atoms with E-state index in [0.29, 0.717) is 23.9 Å². The number of benzene rings is 1. The first-order valence-corrected chi connectivity index (χ1v) is 6.30. The smallest absolute Gasteiger partial charge is 0.181 e. The van der Waals surface area contributed by atoms with E-state index >= 15 is 0 Å². The van der Waals surface area contributed by atoms with Crippen molar-refractivity contribution in [3.8, 4) is 5.75 Å². The second-order valence-corrected chi connectivity index (χ2v) is 4.24. The summed E-state index contributed by atoms with van der Waals surface area (Å²) < 4.78 is 5.54. The minimum Gasteiger partial charge on any atom is -0.493 e. The Bertz CT molecular complexity index is 596. The van der Waals surface area contributed by atoms with Crippen molar-refractivity contribution in [2.75, 3.05) is 6.61 Å². The topological polar surface area (TPSA) is 39.2 Å². The van der Waals surface area contributed by atoms with E-state index in [1.165, 1.54) is 0 Å². The van der Waals surface area contributed by atoms with Crippen molar-refractivity contribution in [3.63, 3.8) is 0 Å². The van der Waals surface area contributed by atoms with E-state index in [1.54, 1.807) is 6.07 Å². The van der Waals surface area contributed by atoms with Crippen LogP contribution in [0.15, 0.2) is 24.3 Å².